The molecular weight excluding hydrogens is 657 g/mol. The molecule has 0 atom stereocenters. The van der Waals surface area contributed by atoms with Gasteiger partial charge in [0.1, 0.15) is 28.2 Å². The molecular formula is C33H35ClFN9O3S. The number of nitrogens with one attached hydrogen (secondary N) is 3. The number of urea groups is 1. The number of hydrogen-bond acceptors (Lipinski definition) is 10. The Morgan fingerprint density at radius 1 is 1.12 bits per heavy atom. The number of nitrogens with zero attached hydrogens (tertiary/aromatic N) is 6. The van der Waals surface area contributed by atoms with E-state index in [1.54, 1.807) is 18.2 Å². The summed E-state index contributed by atoms with van der Waals surface area (Å²) in [4.78, 5) is 56.2. The molecule has 6 rings (SSSR count). The van der Waals surface area contributed by atoms with Crippen LogP contribution in [0.2, 0.25) is 5.02 Å². The van der Waals surface area contributed by atoms with Gasteiger partial charge in [-0.15, -0.1) is 0 Å². The average molecular weight is 692 g/mol. The van der Waals surface area contributed by atoms with Gasteiger partial charge in [-0.3, -0.25) is 24.7 Å². The minimum absolute atomic E-state index is 0.182. The fourth-order valence-corrected chi connectivity index (χ4v) is 6.85. The highest BCUT2D eigenvalue weighted by Crippen LogP contribution is 2.30. The zero-order valence-corrected chi connectivity index (χ0v) is 28.3. The molecule has 2 aromatic heterocycles. The molecule has 12 nitrogen and oxygen atoms in total. The summed E-state index contributed by atoms with van der Waals surface area (Å²) in [6, 6.07) is 11.8. The van der Waals surface area contributed by atoms with Crippen LogP contribution in [-0.2, 0) is 11.3 Å². The van der Waals surface area contributed by atoms with Crippen LogP contribution in [0.3, 0.4) is 0 Å². The van der Waals surface area contributed by atoms with E-state index in [4.69, 9.17) is 11.6 Å². The summed E-state index contributed by atoms with van der Waals surface area (Å²) in [5, 5.41) is 9.34. The molecule has 2 aliphatic heterocycles. The maximum atomic E-state index is 15.1. The summed E-state index contributed by atoms with van der Waals surface area (Å²) in [7, 11) is 1.99. The fraction of sp³-hybridized carbons (Fsp3) is 0.333. The number of rotatable bonds is 9. The largest absolute Gasteiger partial charge is 0.356 e. The summed E-state index contributed by atoms with van der Waals surface area (Å²) in [5.74, 6) is 0.958. The molecule has 2 fully saturated rings. The predicted molar refractivity (Wildman–Crippen MR) is 185 cm³/mol. The van der Waals surface area contributed by atoms with Crippen molar-refractivity contribution in [2.75, 3.05) is 47.1 Å². The van der Waals surface area contributed by atoms with Gasteiger partial charge in [0.25, 0.3) is 5.91 Å². The van der Waals surface area contributed by atoms with Crippen LogP contribution in [0, 0.1) is 19.7 Å². The molecule has 0 unspecified atom stereocenters. The molecule has 0 spiro atoms. The lowest BCUT2D eigenvalue weighted by molar-refractivity contribution is -0.120. The molecule has 4 amide bonds. The third-order valence-corrected chi connectivity index (χ3v) is 9.71. The first-order chi connectivity index (χ1) is 23.0. The van der Waals surface area contributed by atoms with Crippen LogP contribution < -0.4 is 25.8 Å². The number of hydrogen-bond donors (Lipinski definition) is 3. The quantitative estimate of drug-likeness (QED) is 0.197. The summed E-state index contributed by atoms with van der Waals surface area (Å²) in [6.07, 6.45) is 3.42. The number of imide groups is 1. The second-order valence-electron chi connectivity index (χ2n) is 11.9. The van der Waals surface area contributed by atoms with Gasteiger partial charge in [-0.1, -0.05) is 41.1 Å². The Hall–Kier alpha value is -4.66. The van der Waals surface area contributed by atoms with E-state index in [0.29, 0.717) is 50.2 Å². The van der Waals surface area contributed by atoms with Crippen LogP contribution in [-0.4, -0.2) is 70.4 Å². The molecule has 2 aromatic carbocycles. The number of piperidine rings is 1. The minimum atomic E-state index is -0.536. The molecule has 2 aliphatic rings. The predicted octanol–water partition coefficient (Wildman–Crippen LogP) is 5.89. The first-order valence-electron chi connectivity index (χ1n) is 15.5. The molecule has 0 aliphatic carbocycles. The summed E-state index contributed by atoms with van der Waals surface area (Å²) >= 11 is 7.48. The third kappa shape index (κ3) is 7.56. The number of anilines is 5. The van der Waals surface area contributed by atoms with E-state index in [2.05, 4.69) is 40.7 Å². The SMILES string of the molecule is Cc1nc(Nc2ncc(C(=O)Nc3c(C)cccc3Cl)s2)cc(N2CCC(N(C)Cc3ccc(N4CCC(=O)NC4=O)cc3F)CC2)n1. The van der Waals surface area contributed by atoms with Gasteiger partial charge in [-0.2, -0.15) is 0 Å². The number of aryl methyl sites for hydroxylation is 2. The first kappa shape index (κ1) is 33.2. The molecule has 250 valence electrons. The van der Waals surface area contributed by atoms with Crippen molar-refractivity contribution in [3.63, 3.8) is 0 Å². The van der Waals surface area contributed by atoms with Gasteiger partial charge >= 0.3 is 6.03 Å². The van der Waals surface area contributed by atoms with Crippen molar-refractivity contribution in [2.24, 2.45) is 0 Å². The van der Waals surface area contributed by atoms with Crippen molar-refractivity contribution in [1.29, 1.82) is 0 Å². The standard InChI is InChI=1S/C33H35ClFN9O3S/c1-19-5-4-6-24(34)30(19)41-31(46)26-17-36-32(48-26)39-27-16-28(38-20(2)37-27)43-12-9-22(10-13-43)42(3)18-21-7-8-23(15-25(21)35)44-14-11-29(45)40-33(44)47/h4-8,15-17,22H,9-14,18H2,1-3H3,(H,41,46)(H,40,45,47)(H,36,37,38,39). The highest BCUT2D eigenvalue weighted by Gasteiger charge is 2.27. The number of thiazole rings is 1. The fourth-order valence-electron chi connectivity index (χ4n) is 5.87. The highest BCUT2D eigenvalue weighted by atomic mass is 35.5. The van der Waals surface area contributed by atoms with Crippen molar-refractivity contribution >= 4 is 68.9 Å². The van der Waals surface area contributed by atoms with Gasteiger partial charge in [-0.25, -0.2) is 24.1 Å². The number of carbonyl (C=O) groups is 3. The van der Waals surface area contributed by atoms with Crippen LogP contribution in [0.4, 0.5) is 37.3 Å². The minimum Gasteiger partial charge on any atom is -0.356 e. The number of halogens is 2. The number of amides is 4. The Kier molecular flexibility index (Phi) is 9.85. The summed E-state index contributed by atoms with van der Waals surface area (Å²) in [5.41, 5.74) is 2.41. The van der Waals surface area contributed by atoms with Crippen molar-refractivity contribution in [1.82, 2.24) is 25.2 Å². The van der Waals surface area contributed by atoms with E-state index >= 15 is 4.39 Å². The van der Waals surface area contributed by atoms with E-state index in [0.717, 1.165) is 37.3 Å². The molecule has 2 saturated heterocycles. The lowest BCUT2D eigenvalue weighted by atomic mass is 10.0. The van der Waals surface area contributed by atoms with Crippen molar-refractivity contribution in [2.45, 2.75) is 45.7 Å². The van der Waals surface area contributed by atoms with E-state index in [-0.39, 0.29) is 36.6 Å². The van der Waals surface area contributed by atoms with Crippen LogP contribution in [0.15, 0.2) is 48.7 Å². The van der Waals surface area contributed by atoms with Gasteiger partial charge < -0.3 is 15.5 Å². The summed E-state index contributed by atoms with van der Waals surface area (Å²) in [6.45, 7) is 5.88. The lowest BCUT2D eigenvalue weighted by Gasteiger charge is -2.37. The molecule has 15 heteroatoms. The van der Waals surface area contributed by atoms with E-state index < -0.39 is 6.03 Å². The summed E-state index contributed by atoms with van der Waals surface area (Å²) < 4.78 is 15.1. The van der Waals surface area contributed by atoms with E-state index in [9.17, 15) is 14.4 Å². The van der Waals surface area contributed by atoms with E-state index in [1.807, 2.05) is 39.1 Å². The Balaban J connectivity index is 1.04. The number of carbonyl (C=O) groups excluding carboxylic acids is 3. The molecule has 0 radical (unpaired) electrons. The molecule has 4 aromatic rings. The smallest absolute Gasteiger partial charge is 0.328 e. The normalized spacial score (nSPS) is 15.5. The van der Waals surface area contributed by atoms with Crippen LogP contribution in [0.25, 0.3) is 0 Å². The Morgan fingerprint density at radius 3 is 2.65 bits per heavy atom. The van der Waals surface area contributed by atoms with Crippen molar-refractivity contribution < 1.29 is 18.8 Å². The van der Waals surface area contributed by atoms with Gasteiger partial charge in [0.15, 0.2) is 5.13 Å². The maximum absolute atomic E-state index is 15.1. The second-order valence-corrected chi connectivity index (χ2v) is 13.3. The van der Waals surface area contributed by atoms with Crippen LogP contribution in [0.5, 0.6) is 0 Å². The highest BCUT2D eigenvalue weighted by molar-refractivity contribution is 7.17. The third-order valence-electron chi connectivity index (χ3n) is 8.48. The van der Waals surface area contributed by atoms with Crippen LogP contribution >= 0.6 is 22.9 Å². The molecule has 48 heavy (non-hydrogen) atoms. The maximum Gasteiger partial charge on any atom is 0.328 e. The molecule has 0 saturated carbocycles. The topological polar surface area (TPSA) is 136 Å². The zero-order chi connectivity index (χ0) is 33.9. The number of para-hydroxylation sites is 1. The van der Waals surface area contributed by atoms with Crippen molar-refractivity contribution in [3.8, 4) is 0 Å². The number of aromatic nitrogens is 3. The first-order valence-corrected chi connectivity index (χ1v) is 16.7. The van der Waals surface area contributed by atoms with Gasteiger partial charge in [0.2, 0.25) is 5.91 Å². The Labute approximate surface area is 286 Å². The molecule has 4 heterocycles. The van der Waals surface area contributed by atoms with E-state index in [1.165, 1.54) is 28.5 Å². The molecule has 0 bridgehead atoms. The number of benzene rings is 2. The van der Waals surface area contributed by atoms with Gasteiger partial charge in [0.05, 0.1) is 16.9 Å². The van der Waals surface area contributed by atoms with Gasteiger partial charge in [0, 0.05) is 56.0 Å². The Bertz CT molecular complexity index is 1840. The lowest BCUT2D eigenvalue weighted by Crippen LogP contribution is -2.49. The second kappa shape index (κ2) is 14.2. The van der Waals surface area contributed by atoms with Gasteiger partial charge in [-0.05, 0) is 57.5 Å². The van der Waals surface area contributed by atoms with Crippen molar-refractivity contribution in [3.05, 3.63) is 81.3 Å². The van der Waals surface area contributed by atoms with Crippen LogP contribution in [0.1, 0.15) is 45.9 Å². The molecule has 3 N–H and O–H groups in total. The monoisotopic (exact) mass is 691 g/mol. The Morgan fingerprint density at radius 2 is 1.92 bits per heavy atom. The zero-order valence-electron chi connectivity index (χ0n) is 26.7. The average Bonchev–Trinajstić information content (AvgIpc) is 3.52.